The fourth-order valence-electron chi connectivity index (χ4n) is 2.47. The normalized spacial score (nSPS) is 24.1. The zero-order chi connectivity index (χ0) is 12.3. The molecule has 0 aromatic heterocycles. The lowest BCUT2D eigenvalue weighted by atomic mass is 9.88. The largest absolute Gasteiger partial charge is 0.490 e. The van der Waals surface area contributed by atoms with Crippen LogP contribution < -0.4 is 4.74 Å². The van der Waals surface area contributed by atoms with Crippen LogP contribution in [0.4, 0.5) is 0 Å². The third-order valence-corrected chi connectivity index (χ3v) is 3.64. The van der Waals surface area contributed by atoms with Crippen LogP contribution in [-0.2, 0) is 0 Å². The van der Waals surface area contributed by atoms with Gasteiger partial charge in [-0.25, -0.2) is 0 Å². The van der Waals surface area contributed by atoms with Gasteiger partial charge in [0.25, 0.3) is 0 Å². The quantitative estimate of drug-likeness (QED) is 0.772. The van der Waals surface area contributed by atoms with Crippen LogP contribution in [-0.4, -0.2) is 6.10 Å². The first-order valence-electron chi connectivity index (χ1n) is 6.38. The lowest BCUT2D eigenvalue weighted by molar-refractivity contribution is 0.102. The van der Waals surface area contributed by atoms with Crippen LogP contribution in [0.25, 0.3) is 0 Å². The van der Waals surface area contributed by atoms with Crippen molar-refractivity contribution in [1.29, 1.82) is 5.26 Å². The van der Waals surface area contributed by atoms with Crippen molar-refractivity contribution >= 4 is 0 Å². The van der Waals surface area contributed by atoms with E-state index in [-0.39, 0.29) is 0 Å². The van der Waals surface area contributed by atoms with Crippen LogP contribution >= 0.6 is 0 Å². The molecule has 0 saturated heterocycles. The summed E-state index contributed by atoms with van der Waals surface area (Å²) in [5, 5.41) is 8.88. The summed E-state index contributed by atoms with van der Waals surface area (Å²) in [7, 11) is 0. The van der Waals surface area contributed by atoms with Gasteiger partial charge in [0, 0.05) is 0 Å². The molecule has 1 aromatic rings. The van der Waals surface area contributed by atoms with E-state index in [0.29, 0.717) is 12.0 Å². The zero-order valence-corrected chi connectivity index (χ0v) is 10.6. The summed E-state index contributed by atoms with van der Waals surface area (Å²) in [6, 6.07) is 7.91. The van der Waals surface area contributed by atoms with Gasteiger partial charge in [-0.2, -0.15) is 5.26 Å². The van der Waals surface area contributed by atoms with E-state index in [1.165, 1.54) is 19.3 Å². The Morgan fingerprint density at radius 2 is 2.06 bits per heavy atom. The SMILES string of the molecule is Cc1cc(OC2CCCCC2C)ccc1C#N. The van der Waals surface area contributed by atoms with E-state index >= 15 is 0 Å². The highest BCUT2D eigenvalue weighted by Crippen LogP contribution is 2.28. The molecule has 2 nitrogen and oxygen atoms in total. The maximum atomic E-state index is 8.88. The molecule has 0 aliphatic heterocycles. The molecule has 90 valence electrons. The van der Waals surface area contributed by atoms with Crippen molar-refractivity contribution in [2.75, 3.05) is 0 Å². The van der Waals surface area contributed by atoms with E-state index in [9.17, 15) is 0 Å². The van der Waals surface area contributed by atoms with Gasteiger partial charge in [-0.15, -0.1) is 0 Å². The first-order valence-corrected chi connectivity index (χ1v) is 6.38. The number of ether oxygens (including phenoxy) is 1. The number of hydrogen-bond acceptors (Lipinski definition) is 2. The molecule has 0 N–H and O–H groups in total. The standard InChI is InChI=1S/C15H19NO/c1-11-5-3-4-6-15(11)17-14-8-7-13(10-16)12(2)9-14/h7-9,11,15H,3-6H2,1-2H3. The van der Waals surface area contributed by atoms with Gasteiger partial charge in [0.1, 0.15) is 11.9 Å². The van der Waals surface area contributed by atoms with Gasteiger partial charge in [-0.3, -0.25) is 0 Å². The second kappa shape index (κ2) is 5.23. The molecule has 2 unspecified atom stereocenters. The van der Waals surface area contributed by atoms with Gasteiger partial charge >= 0.3 is 0 Å². The van der Waals surface area contributed by atoms with E-state index in [1.807, 2.05) is 25.1 Å². The Morgan fingerprint density at radius 1 is 1.29 bits per heavy atom. The Kier molecular flexibility index (Phi) is 3.68. The Morgan fingerprint density at radius 3 is 2.71 bits per heavy atom. The Labute approximate surface area is 103 Å². The predicted octanol–water partition coefficient (Wildman–Crippen LogP) is 3.82. The van der Waals surface area contributed by atoms with Gasteiger partial charge in [0.15, 0.2) is 0 Å². The summed E-state index contributed by atoms with van der Waals surface area (Å²) in [4.78, 5) is 0. The smallest absolute Gasteiger partial charge is 0.120 e. The number of nitriles is 1. The number of rotatable bonds is 2. The van der Waals surface area contributed by atoms with E-state index in [0.717, 1.165) is 23.3 Å². The highest BCUT2D eigenvalue weighted by Gasteiger charge is 2.22. The van der Waals surface area contributed by atoms with Gasteiger partial charge in [-0.1, -0.05) is 13.3 Å². The van der Waals surface area contributed by atoms with Gasteiger partial charge < -0.3 is 4.74 Å². The van der Waals surface area contributed by atoms with E-state index in [1.54, 1.807) is 0 Å². The monoisotopic (exact) mass is 229 g/mol. The first kappa shape index (κ1) is 12.0. The Hall–Kier alpha value is -1.49. The topological polar surface area (TPSA) is 33.0 Å². The van der Waals surface area contributed by atoms with E-state index in [4.69, 9.17) is 10.00 Å². The molecule has 0 spiro atoms. The summed E-state index contributed by atoms with van der Waals surface area (Å²) in [5.74, 6) is 1.54. The van der Waals surface area contributed by atoms with Crippen molar-refractivity contribution in [3.8, 4) is 11.8 Å². The van der Waals surface area contributed by atoms with Gasteiger partial charge in [-0.05, 0) is 55.9 Å². The summed E-state index contributed by atoms with van der Waals surface area (Å²) >= 11 is 0. The average Bonchev–Trinajstić information content (AvgIpc) is 2.32. The van der Waals surface area contributed by atoms with Crippen molar-refractivity contribution in [1.82, 2.24) is 0 Å². The van der Waals surface area contributed by atoms with Gasteiger partial charge in [0.05, 0.1) is 11.6 Å². The zero-order valence-electron chi connectivity index (χ0n) is 10.6. The summed E-state index contributed by atoms with van der Waals surface area (Å²) in [6.07, 6.45) is 5.36. The fraction of sp³-hybridized carbons (Fsp3) is 0.533. The minimum absolute atomic E-state index is 0.344. The second-order valence-electron chi connectivity index (χ2n) is 5.01. The summed E-state index contributed by atoms with van der Waals surface area (Å²) < 4.78 is 6.04. The van der Waals surface area contributed by atoms with Crippen molar-refractivity contribution < 1.29 is 4.74 Å². The number of nitrogens with zero attached hydrogens (tertiary/aromatic N) is 1. The molecular weight excluding hydrogens is 210 g/mol. The fourth-order valence-corrected chi connectivity index (χ4v) is 2.47. The molecule has 1 saturated carbocycles. The molecule has 1 aliphatic rings. The second-order valence-corrected chi connectivity index (χ2v) is 5.01. The minimum atomic E-state index is 0.344. The molecule has 2 rings (SSSR count). The molecule has 2 atom stereocenters. The lowest BCUT2D eigenvalue weighted by Crippen LogP contribution is -2.28. The molecular formula is C15H19NO. The number of benzene rings is 1. The van der Waals surface area contributed by atoms with Crippen LogP contribution in [0, 0.1) is 24.2 Å². The van der Waals surface area contributed by atoms with Gasteiger partial charge in [0.2, 0.25) is 0 Å². The van der Waals surface area contributed by atoms with Crippen molar-refractivity contribution in [2.45, 2.75) is 45.6 Å². The summed E-state index contributed by atoms with van der Waals surface area (Å²) in [5.41, 5.74) is 1.72. The van der Waals surface area contributed by atoms with E-state index < -0.39 is 0 Å². The van der Waals surface area contributed by atoms with Crippen LogP contribution in [0.1, 0.15) is 43.7 Å². The third kappa shape index (κ3) is 2.79. The number of hydrogen-bond donors (Lipinski definition) is 0. The first-order chi connectivity index (χ1) is 8.20. The molecule has 1 aromatic carbocycles. The van der Waals surface area contributed by atoms with Crippen molar-refractivity contribution in [3.05, 3.63) is 29.3 Å². The van der Waals surface area contributed by atoms with Crippen LogP contribution in [0.2, 0.25) is 0 Å². The molecule has 1 fully saturated rings. The molecule has 0 bridgehead atoms. The van der Waals surface area contributed by atoms with Crippen LogP contribution in [0.5, 0.6) is 5.75 Å². The molecule has 0 radical (unpaired) electrons. The maximum absolute atomic E-state index is 8.88. The molecule has 0 amide bonds. The Balaban J connectivity index is 2.08. The van der Waals surface area contributed by atoms with Crippen LogP contribution in [0.3, 0.4) is 0 Å². The van der Waals surface area contributed by atoms with Crippen LogP contribution in [0.15, 0.2) is 18.2 Å². The highest BCUT2D eigenvalue weighted by atomic mass is 16.5. The summed E-state index contributed by atoms with van der Waals surface area (Å²) in [6.45, 7) is 4.22. The lowest BCUT2D eigenvalue weighted by Gasteiger charge is -2.29. The number of aryl methyl sites for hydroxylation is 1. The maximum Gasteiger partial charge on any atom is 0.120 e. The average molecular weight is 229 g/mol. The van der Waals surface area contributed by atoms with E-state index in [2.05, 4.69) is 13.0 Å². The predicted molar refractivity (Wildman–Crippen MR) is 67.9 cm³/mol. The molecule has 1 aliphatic carbocycles. The molecule has 0 heterocycles. The highest BCUT2D eigenvalue weighted by molar-refractivity contribution is 5.41. The third-order valence-electron chi connectivity index (χ3n) is 3.64. The van der Waals surface area contributed by atoms with Crippen molar-refractivity contribution in [3.63, 3.8) is 0 Å². The molecule has 17 heavy (non-hydrogen) atoms. The molecule has 2 heteroatoms. The van der Waals surface area contributed by atoms with Crippen molar-refractivity contribution in [2.24, 2.45) is 5.92 Å². The minimum Gasteiger partial charge on any atom is -0.490 e. The Bertz CT molecular complexity index is 433.